The van der Waals surface area contributed by atoms with Crippen molar-refractivity contribution in [2.45, 2.75) is 12.5 Å². The van der Waals surface area contributed by atoms with Gasteiger partial charge in [-0.1, -0.05) is 30.3 Å². The fraction of sp³-hybridized carbons (Fsp3) is 0.571. The fourth-order valence-corrected chi connectivity index (χ4v) is 2.20. The normalized spacial score (nSPS) is 27.6. The smallest absolute Gasteiger partial charge is 0.0754 e. The molecule has 0 aliphatic carbocycles. The van der Waals surface area contributed by atoms with Crippen LogP contribution < -0.4 is 5.48 Å². The molecule has 1 aliphatic heterocycles. The lowest BCUT2D eigenvalue weighted by atomic mass is 9.82. The van der Waals surface area contributed by atoms with Crippen LogP contribution in [0.15, 0.2) is 30.3 Å². The van der Waals surface area contributed by atoms with Crippen LogP contribution in [0, 0.1) is 5.92 Å². The Kier molecular flexibility index (Phi) is 4.72. The Balaban J connectivity index is 1.98. The van der Waals surface area contributed by atoms with Crippen molar-refractivity contribution in [1.82, 2.24) is 5.48 Å². The lowest BCUT2D eigenvalue weighted by molar-refractivity contribution is 0.0407. The zero-order valence-corrected chi connectivity index (χ0v) is 11.0. The minimum atomic E-state index is -0.186. The first kappa shape index (κ1) is 13.5. The Bertz CT molecular complexity index is 357. The van der Waals surface area contributed by atoms with E-state index in [9.17, 15) is 0 Å². The summed E-state index contributed by atoms with van der Waals surface area (Å²) < 4.78 is 10.6. The molecular formula is C14H21NO3. The minimum Gasteiger partial charge on any atom is -0.382 e. The van der Waals surface area contributed by atoms with E-state index in [1.54, 1.807) is 7.11 Å². The van der Waals surface area contributed by atoms with Crippen molar-refractivity contribution < 1.29 is 14.3 Å². The molecule has 1 aromatic carbocycles. The summed E-state index contributed by atoms with van der Waals surface area (Å²) in [6, 6.07) is 10.3. The highest BCUT2D eigenvalue weighted by Gasteiger charge is 2.41. The van der Waals surface area contributed by atoms with E-state index >= 15 is 0 Å². The van der Waals surface area contributed by atoms with Gasteiger partial charge in [0.1, 0.15) is 0 Å². The standard InChI is InChI=1S/C14H21NO3/c1-14(12-6-4-3-5-7-12)13(11-18-15-14)10-17-9-8-16-2/h3-7,13,15H,8-11H2,1-2H3/t13-,14-/m0/s1. The number of methoxy groups -OCH3 is 1. The quantitative estimate of drug-likeness (QED) is 0.781. The second-order valence-corrected chi connectivity index (χ2v) is 4.75. The van der Waals surface area contributed by atoms with E-state index in [4.69, 9.17) is 14.3 Å². The van der Waals surface area contributed by atoms with Crippen molar-refractivity contribution >= 4 is 0 Å². The predicted octanol–water partition coefficient (Wildman–Crippen LogP) is 1.72. The molecule has 18 heavy (non-hydrogen) atoms. The first-order valence-corrected chi connectivity index (χ1v) is 6.28. The third-order valence-corrected chi connectivity index (χ3v) is 3.51. The molecule has 100 valence electrons. The molecule has 0 spiro atoms. The van der Waals surface area contributed by atoms with Crippen LogP contribution in [0.3, 0.4) is 0 Å². The van der Waals surface area contributed by atoms with Gasteiger partial charge in [-0.3, -0.25) is 0 Å². The maximum absolute atomic E-state index is 5.63. The van der Waals surface area contributed by atoms with Crippen LogP contribution in [0.2, 0.25) is 0 Å². The highest BCUT2D eigenvalue weighted by atomic mass is 16.7. The van der Waals surface area contributed by atoms with Gasteiger partial charge in [-0.2, -0.15) is 5.48 Å². The first-order valence-electron chi connectivity index (χ1n) is 6.28. The van der Waals surface area contributed by atoms with Gasteiger partial charge in [0.2, 0.25) is 0 Å². The van der Waals surface area contributed by atoms with Crippen molar-refractivity contribution in [3.05, 3.63) is 35.9 Å². The summed E-state index contributed by atoms with van der Waals surface area (Å²) in [6.07, 6.45) is 0. The summed E-state index contributed by atoms with van der Waals surface area (Å²) in [6.45, 7) is 4.74. The molecule has 0 unspecified atom stereocenters. The fourth-order valence-electron chi connectivity index (χ4n) is 2.20. The summed E-state index contributed by atoms with van der Waals surface area (Å²) in [5.74, 6) is 0.303. The van der Waals surface area contributed by atoms with E-state index in [0.717, 1.165) is 0 Å². The molecule has 0 saturated carbocycles. The van der Waals surface area contributed by atoms with Gasteiger partial charge in [-0.25, -0.2) is 0 Å². The number of nitrogens with one attached hydrogen (secondary N) is 1. The Morgan fingerprint density at radius 1 is 1.33 bits per heavy atom. The van der Waals surface area contributed by atoms with E-state index in [1.807, 2.05) is 18.2 Å². The third-order valence-electron chi connectivity index (χ3n) is 3.51. The van der Waals surface area contributed by atoms with Crippen LogP contribution in [0.25, 0.3) is 0 Å². The largest absolute Gasteiger partial charge is 0.382 e. The van der Waals surface area contributed by atoms with Crippen LogP contribution in [0.4, 0.5) is 0 Å². The Hall–Kier alpha value is -0.940. The van der Waals surface area contributed by atoms with Crippen molar-refractivity contribution in [2.75, 3.05) is 33.5 Å². The Labute approximate surface area is 108 Å². The molecule has 1 saturated heterocycles. The van der Waals surface area contributed by atoms with Crippen LogP contribution in [-0.2, 0) is 19.9 Å². The molecule has 0 bridgehead atoms. The SMILES string of the molecule is COCCOC[C@H]1CON[C@@]1(C)c1ccccc1. The molecule has 4 heteroatoms. The maximum Gasteiger partial charge on any atom is 0.0754 e. The molecule has 0 amide bonds. The summed E-state index contributed by atoms with van der Waals surface area (Å²) in [5.41, 5.74) is 4.17. The topological polar surface area (TPSA) is 39.7 Å². The summed E-state index contributed by atoms with van der Waals surface area (Å²) >= 11 is 0. The van der Waals surface area contributed by atoms with E-state index in [1.165, 1.54) is 5.56 Å². The second-order valence-electron chi connectivity index (χ2n) is 4.75. The molecule has 1 fully saturated rings. The van der Waals surface area contributed by atoms with Crippen molar-refractivity contribution in [3.63, 3.8) is 0 Å². The van der Waals surface area contributed by atoms with E-state index in [0.29, 0.717) is 32.3 Å². The monoisotopic (exact) mass is 251 g/mol. The van der Waals surface area contributed by atoms with E-state index in [2.05, 4.69) is 24.5 Å². The highest BCUT2D eigenvalue weighted by Crippen LogP contribution is 2.33. The van der Waals surface area contributed by atoms with Gasteiger partial charge in [-0.15, -0.1) is 0 Å². The molecule has 1 aliphatic rings. The molecule has 0 radical (unpaired) electrons. The predicted molar refractivity (Wildman–Crippen MR) is 69.1 cm³/mol. The second kappa shape index (κ2) is 6.29. The highest BCUT2D eigenvalue weighted by molar-refractivity contribution is 5.25. The Morgan fingerprint density at radius 2 is 2.11 bits per heavy atom. The third kappa shape index (κ3) is 2.90. The summed E-state index contributed by atoms with van der Waals surface area (Å²) in [4.78, 5) is 5.42. The average Bonchev–Trinajstić information content (AvgIpc) is 2.79. The van der Waals surface area contributed by atoms with Crippen molar-refractivity contribution in [1.29, 1.82) is 0 Å². The maximum atomic E-state index is 5.63. The lowest BCUT2D eigenvalue weighted by Gasteiger charge is -2.29. The van der Waals surface area contributed by atoms with Crippen molar-refractivity contribution in [3.8, 4) is 0 Å². The molecule has 2 atom stereocenters. The molecule has 1 aromatic rings. The van der Waals surface area contributed by atoms with Gasteiger partial charge in [-0.05, 0) is 12.5 Å². The lowest BCUT2D eigenvalue weighted by Crippen LogP contribution is -2.40. The molecule has 2 rings (SSSR count). The van der Waals surface area contributed by atoms with Crippen LogP contribution >= 0.6 is 0 Å². The van der Waals surface area contributed by atoms with Crippen LogP contribution in [0.5, 0.6) is 0 Å². The number of hydrogen-bond donors (Lipinski definition) is 1. The number of rotatable bonds is 6. The zero-order valence-electron chi connectivity index (χ0n) is 11.0. The molecule has 1 N–H and O–H groups in total. The first-order chi connectivity index (χ1) is 8.77. The van der Waals surface area contributed by atoms with Gasteiger partial charge < -0.3 is 14.3 Å². The summed E-state index contributed by atoms with van der Waals surface area (Å²) in [5, 5.41) is 0. The minimum absolute atomic E-state index is 0.186. The zero-order chi connectivity index (χ0) is 12.8. The van der Waals surface area contributed by atoms with E-state index < -0.39 is 0 Å². The molecule has 1 heterocycles. The summed E-state index contributed by atoms with van der Waals surface area (Å²) in [7, 11) is 1.68. The average molecular weight is 251 g/mol. The molecule has 4 nitrogen and oxygen atoms in total. The van der Waals surface area contributed by atoms with Crippen LogP contribution in [0.1, 0.15) is 12.5 Å². The van der Waals surface area contributed by atoms with Gasteiger partial charge in [0.05, 0.1) is 32.0 Å². The van der Waals surface area contributed by atoms with E-state index in [-0.39, 0.29) is 5.54 Å². The number of hydroxylamine groups is 1. The number of ether oxygens (including phenoxy) is 2. The van der Waals surface area contributed by atoms with Gasteiger partial charge in [0.15, 0.2) is 0 Å². The van der Waals surface area contributed by atoms with Crippen molar-refractivity contribution in [2.24, 2.45) is 5.92 Å². The van der Waals surface area contributed by atoms with Gasteiger partial charge in [0.25, 0.3) is 0 Å². The molecular weight excluding hydrogens is 230 g/mol. The van der Waals surface area contributed by atoms with Crippen LogP contribution in [-0.4, -0.2) is 33.5 Å². The number of benzene rings is 1. The Morgan fingerprint density at radius 3 is 2.83 bits per heavy atom. The van der Waals surface area contributed by atoms with Gasteiger partial charge >= 0.3 is 0 Å². The number of hydrogen-bond acceptors (Lipinski definition) is 4. The van der Waals surface area contributed by atoms with Gasteiger partial charge in [0, 0.05) is 13.0 Å². The molecule has 0 aromatic heterocycles.